The molecule has 0 bridgehead atoms. The van der Waals surface area contributed by atoms with Crippen molar-refractivity contribution in [3.63, 3.8) is 0 Å². The Hall–Kier alpha value is -3.54. The van der Waals surface area contributed by atoms with Crippen molar-refractivity contribution >= 4 is 23.1 Å². The summed E-state index contributed by atoms with van der Waals surface area (Å²) in [5.41, 5.74) is 0.838. The zero-order valence-corrected chi connectivity index (χ0v) is 15.2. The zero-order valence-electron chi connectivity index (χ0n) is 15.2. The number of phenols is 2. The van der Waals surface area contributed by atoms with E-state index in [0.717, 1.165) is 0 Å². The molecule has 6 nitrogen and oxygen atoms in total. The summed E-state index contributed by atoms with van der Waals surface area (Å²) in [5, 5.41) is 41.7. The van der Waals surface area contributed by atoms with Crippen molar-refractivity contribution in [1.29, 1.82) is 0 Å². The molecular weight excluding hydrogens is 360 g/mol. The number of allylic oxidation sites excluding steroid dienone is 2. The molecule has 2 atom stereocenters. The number of carbonyl (C=O) groups is 2. The number of rotatable bonds is 1. The number of aromatic hydroxyl groups is 2. The minimum Gasteiger partial charge on any atom is -0.507 e. The average Bonchev–Trinajstić information content (AvgIpc) is 2.66. The van der Waals surface area contributed by atoms with E-state index in [2.05, 4.69) is 0 Å². The second kappa shape index (κ2) is 5.99. The highest BCUT2D eigenvalue weighted by molar-refractivity contribution is 6.15. The zero-order chi connectivity index (χ0) is 20.3. The van der Waals surface area contributed by atoms with Crippen molar-refractivity contribution in [2.75, 3.05) is 0 Å². The molecule has 0 radical (unpaired) electrons. The van der Waals surface area contributed by atoms with E-state index < -0.39 is 23.4 Å². The van der Waals surface area contributed by atoms with Crippen LogP contribution in [0.25, 0.3) is 11.5 Å². The molecule has 2 aliphatic carbocycles. The van der Waals surface area contributed by atoms with E-state index in [0.29, 0.717) is 0 Å². The van der Waals surface area contributed by atoms with Gasteiger partial charge < -0.3 is 20.4 Å². The van der Waals surface area contributed by atoms with Crippen molar-refractivity contribution < 1.29 is 30.0 Å². The van der Waals surface area contributed by atoms with Crippen LogP contribution >= 0.6 is 0 Å². The highest BCUT2D eigenvalue weighted by Crippen LogP contribution is 2.47. The molecule has 2 unspecified atom stereocenters. The normalized spacial score (nSPS) is 21.6. The first kappa shape index (κ1) is 17.9. The topological polar surface area (TPSA) is 115 Å². The van der Waals surface area contributed by atoms with Crippen LogP contribution in [0.15, 0.2) is 47.5 Å². The van der Waals surface area contributed by atoms with E-state index in [9.17, 15) is 30.0 Å². The Bertz CT molecular complexity index is 1030. The van der Waals surface area contributed by atoms with E-state index >= 15 is 0 Å². The standard InChI is InChI=1S/C22H18O6/c1-9-15(21(27)17-11(19(9)25)5-3-7-13(17)23)16-10(2)20(26)12-6-4-8-14(24)18(12)22(16)28/h3-8,15-16,23-26H,1-2H3. The maximum Gasteiger partial charge on any atom is 0.175 e. The van der Waals surface area contributed by atoms with Crippen LogP contribution in [0.2, 0.25) is 0 Å². The lowest BCUT2D eigenvalue weighted by Gasteiger charge is -2.34. The Balaban J connectivity index is 1.95. The molecule has 142 valence electrons. The summed E-state index contributed by atoms with van der Waals surface area (Å²) in [4.78, 5) is 26.5. The first-order valence-electron chi connectivity index (χ1n) is 8.78. The number of aliphatic hydroxyl groups excluding tert-OH is 2. The molecule has 0 aromatic heterocycles. The first-order valence-corrected chi connectivity index (χ1v) is 8.78. The van der Waals surface area contributed by atoms with Gasteiger partial charge in [0.05, 0.1) is 23.0 Å². The molecule has 4 rings (SSSR count). The van der Waals surface area contributed by atoms with Crippen LogP contribution in [0, 0.1) is 11.8 Å². The van der Waals surface area contributed by atoms with Gasteiger partial charge in [-0.2, -0.15) is 0 Å². The monoisotopic (exact) mass is 378 g/mol. The van der Waals surface area contributed by atoms with Crippen LogP contribution in [0.4, 0.5) is 0 Å². The van der Waals surface area contributed by atoms with E-state index in [4.69, 9.17) is 0 Å². The molecule has 2 aromatic carbocycles. The van der Waals surface area contributed by atoms with Gasteiger partial charge in [-0.25, -0.2) is 0 Å². The lowest BCUT2D eigenvalue weighted by Crippen LogP contribution is -2.37. The third-order valence-corrected chi connectivity index (χ3v) is 5.67. The van der Waals surface area contributed by atoms with Gasteiger partial charge >= 0.3 is 0 Å². The third-order valence-electron chi connectivity index (χ3n) is 5.67. The maximum atomic E-state index is 13.3. The van der Waals surface area contributed by atoms with E-state index in [1.165, 1.54) is 36.4 Å². The minimum absolute atomic E-state index is 0.0567. The fourth-order valence-electron chi connectivity index (χ4n) is 4.22. The van der Waals surface area contributed by atoms with Gasteiger partial charge in [0.25, 0.3) is 0 Å². The average molecular weight is 378 g/mol. The van der Waals surface area contributed by atoms with Crippen LogP contribution in [-0.2, 0) is 0 Å². The lowest BCUT2D eigenvalue weighted by molar-refractivity contribution is 0.0806. The smallest absolute Gasteiger partial charge is 0.175 e. The molecule has 0 amide bonds. The number of phenolic OH excluding ortho intramolecular Hbond substituents is 2. The summed E-state index contributed by atoms with van der Waals surface area (Å²) in [6, 6.07) is 8.75. The predicted octanol–water partition coefficient (Wildman–Crippen LogP) is 4.00. The van der Waals surface area contributed by atoms with E-state index in [1.807, 2.05) is 0 Å². The fourth-order valence-corrected chi connectivity index (χ4v) is 4.22. The van der Waals surface area contributed by atoms with E-state index in [-0.39, 0.29) is 56.4 Å². The molecule has 0 saturated carbocycles. The number of fused-ring (bicyclic) bond motifs is 2. The van der Waals surface area contributed by atoms with Gasteiger partial charge in [-0.3, -0.25) is 9.59 Å². The molecule has 0 aliphatic heterocycles. The van der Waals surface area contributed by atoms with Crippen LogP contribution in [0.1, 0.15) is 45.7 Å². The maximum absolute atomic E-state index is 13.3. The molecule has 4 N–H and O–H groups in total. The van der Waals surface area contributed by atoms with Crippen molar-refractivity contribution in [1.82, 2.24) is 0 Å². The highest BCUT2D eigenvalue weighted by atomic mass is 16.3. The van der Waals surface area contributed by atoms with Gasteiger partial charge in [0.2, 0.25) is 0 Å². The molecule has 6 heteroatoms. The molecule has 2 aromatic rings. The summed E-state index contributed by atoms with van der Waals surface area (Å²) in [6.45, 7) is 3.09. The number of hydrogen-bond acceptors (Lipinski definition) is 6. The quantitative estimate of drug-likeness (QED) is 0.596. The number of benzene rings is 2. The number of Topliss-reactive ketones (excluding diaryl/α,β-unsaturated/α-hetero) is 2. The number of carbonyl (C=O) groups excluding carboxylic acids is 2. The Labute approximate surface area is 160 Å². The molecule has 0 saturated heterocycles. The molecule has 0 fully saturated rings. The van der Waals surface area contributed by atoms with Crippen LogP contribution in [0.5, 0.6) is 11.5 Å². The van der Waals surface area contributed by atoms with Gasteiger partial charge in [0, 0.05) is 11.1 Å². The highest BCUT2D eigenvalue weighted by Gasteiger charge is 2.46. The Morgan fingerprint density at radius 2 is 1.00 bits per heavy atom. The minimum atomic E-state index is -1.11. The number of ketones is 2. The van der Waals surface area contributed by atoms with Crippen LogP contribution in [0.3, 0.4) is 0 Å². The second-order valence-electron chi connectivity index (χ2n) is 7.15. The predicted molar refractivity (Wildman–Crippen MR) is 102 cm³/mol. The van der Waals surface area contributed by atoms with Crippen molar-refractivity contribution in [2.24, 2.45) is 11.8 Å². The Morgan fingerprint density at radius 3 is 1.36 bits per heavy atom. The molecule has 0 spiro atoms. The van der Waals surface area contributed by atoms with Crippen LogP contribution < -0.4 is 0 Å². The SMILES string of the molecule is CC1=C(O)c2cccc(O)c2C(=O)C1C1C(=O)c2c(O)cccc2C(O)=C1C. The Morgan fingerprint density at radius 1 is 0.643 bits per heavy atom. The molecule has 2 aliphatic rings. The fraction of sp³-hybridized carbons (Fsp3) is 0.182. The second-order valence-corrected chi connectivity index (χ2v) is 7.15. The summed E-state index contributed by atoms with van der Waals surface area (Å²) >= 11 is 0. The van der Waals surface area contributed by atoms with Crippen LogP contribution in [-0.4, -0.2) is 32.0 Å². The van der Waals surface area contributed by atoms with Gasteiger partial charge in [0.1, 0.15) is 23.0 Å². The van der Waals surface area contributed by atoms with E-state index in [1.54, 1.807) is 13.8 Å². The molecule has 28 heavy (non-hydrogen) atoms. The first-order chi connectivity index (χ1) is 13.3. The van der Waals surface area contributed by atoms with Gasteiger partial charge in [-0.15, -0.1) is 0 Å². The summed E-state index contributed by atoms with van der Waals surface area (Å²) in [7, 11) is 0. The summed E-state index contributed by atoms with van der Waals surface area (Å²) in [6.07, 6.45) is 0. The molecule has 0 heterocycles. The van der Waals surface area contributed by atoms with Crippen molar-refractivity contribution in [3.8, 4) is 11.5 Å². The lowest BCUT2D eigenvalue weighted by atomic mass is 9.67. The molecular formula is C22H18O6. The Kier molecular flexibility index (Phi) is 3.82. The number of hydrogen-bond donors (Lipinski definition) is 4. The summed E-state index contributed by atoms with van der Waals surface area (Å²) < 4.78 is 0. The third kappa shape index (κ3) is 2.21. The van der Waals surface area contributed by atoms with Gasteiger partial charge in [-0.05, 0) is 37.1 Å². The van der Waals surface area contributed by atoms with Gasteiger partial charge in [-0.1, -0.05) is 24.3 Å². The van der Waals surface area contributed by atoms with Gasteiger partial charge in [0.15, 0.2) is 11.6 Å². The van der Waals surface area contributed by atoms with Crippen molar-refractivity contribution in [2.45, 2.75) is 13.8 Å². The van der Waals surface area contributed by atoms with Crippen molar-refractivity contribution in [3.05, 3.63) is 69.8 Å². The number of aliphatic hydroxyl groups is 2. The largest absolute Gasteiger partial charge is 0.507 e. The summed E-state index contributed by atoms with van der Waals surface area (Å²) in [5.74, 6) is -4.20.